The molecule has 0 saturated carbocycles. The van der Waals surface area contributed by atoms with Gasteiger partial charge in [-0.15, -0.1) is 0 Å². The van der Waals surface area contributed by atoms with Crippen LogP contribution in [0.5, 0.6) is 5.88 Å². The number of aromatic nitrogens is 1. The van der Waals surface area contributed by atoms with Gasteiger partial charge in [0, 0.05) is 23.4 Å². The summed E-state index contributed by atoms with van der Waals surface area (Å²) in [6, 6.07) is 0. The molecule has 0 fully saturated rings. The number of fused-ring (bicyclic) bond motifs is 1. The van der Waals surface area contributed by atoms with Gasteiger partial charge in [-0.3, -0.25) is 0 Å². The van der Waals surface area contributed by atoms with Gasteiger partial charge >= 0.3 is 0 Å². The minimum Gasteiger partial charge on any atom is -0.477 e. The Morgan fingerprint density at radius 2 is 1.95 bits per heavy atom. The zero-order chi connectivity index (χ0) is 15.6. The quantitative estimate of drug-likeness (QED) is 0.587. The zero-order valence-corrected chi connectivity index (χ0v) is 13.5. The van der Waals surface area contributed by atoms with Crippen molar-refractivity contribution in [3.8, 4) is 5.88 Å². The summed E-state index contributed by atoms with van der Waals surface area (Å²) in [5.74, 6) is 0.717. The summed E-state index contributed by atoms with van der Waals surface area (Å²) in [5, 5.41) is 0. The smallest absolute Gasteiger partial charge is 0.216 e. The van der Waals surface area contributed by atoms with E-state index in [0.717, 1.165) is 41.5 Å². The number of sulfone groups is 1. The highest BCUT2D eigenvalue weighted by molar-refractivity contribution is 7.90. The van der Waals surface area contributed by atoms with Crippen LogP contribution in [-0.4, -0.2) is 38.3 Å². The van der Waals surface area contributed by atoms with E-state index in [4.69, 9.17) is 4.74 Å². The lowest BCUT2D eigenvalue weighted by molar-refractivity contribution is -0.110. The first-order valence-corrected chi connectivity index (χ1v) is 9.12. The number of nitrogens with zero attached hydrogens (tertiary/aromatic N) is 1. The highest BCUT2D eigenvalue weighted by Gasteiger charge is 2.26. The molecule has 1 aliphatic carbocycles. The van der Waals surface area contributed by atoms with Gasteiger partial charge in [0.2, 0.25) is 5.88 Å². The van der Waals surface area contributed by atoms with E-state index in [1.54, 1.807) is 0 Å². The number of rotatable bonds is 6. The summed E-state index contributed by atoms with van der Waals surface area (Å²) < 4.78 is 27.8. The van der Waals surface area contributed by atoms with Gasteiger partial charge in [0.15, 0.2) is 0 Å². The van der Waals surface area contributed by atoms with Crippen LogP contribution in [0.3, 0.4) is 0 Å². The molecule has 1 unspecified atom stereocenters. The molecule has 116 valence electrons. The number of carbonyl (C=O) groups is 1. The van der Waals surface area contributed by atoms with Crippen molar-refractivity contribution in [1.29, 1.82) is 0 Å². The lowest BCUT2D eigenvalue weighted by Gasteiger charge is -2.13. The first-order valence-electron chi connectivity index (χ1n) is 7.06. The van der Waals surface area contributed by atoms with Gasteiger partial charge in [-0.2, -0.15) is 0 Å². The maximum atomic E-state index is 11.1. The van der Waals surface area contributed by atoms with Crippen LogP contribution in [-0.2, 0) is 27.5 Å². The minimum absolute atomic E-state index is 0.0414. The van der Waals surface area contributed by atoms with Gasteiger partial charge in [-0.05, 0) is 44.2 Å². The topological polar surface area (TPSA) is 73.3 Å². The Kier molecular flexibility index (Phi) is 4.66. The lowest BCUT2D eigenvalue weighted by Crippen LogP contribution is -2.10. The second-order valence-electron chi connectivity index (χ2n) is 5.72. The summed E-state index contributed by atoms with van der Waals surface area (Å²) in [5.41, 5.74) is 4.20. The van der Waals surface area contributed by atoms with E-state index in [1.807, 2.05) is 13.8 Å². The Morgan fingerprint density at radius 3 is 2.57 bits per heavy atom. The van der Waals surface area contributed by atoms with Crippen LogP contribution in [0.25, 0.3) is 0 Å². The largest absolute Gasteiger partial charge is 0.477 e. The van der Waals surface area contributed by atoms with Gasteiger partial charge in [0.05, 0.1) is 12.4 Å². The number of hydrogen-bond acceptors (Lipinski definition) is 5. The zero-order valence-electron chi connectivity index (χ0n) is 12.7. The van der Waals surface area contributed by atoms with E-state index in [9.17, 15) is 13.2 Å². The number of hydrogen-bond donors (Lipinski definition) is 0. The highest BCUT2D eigenvalue weighted by atomic mass is 32.2. The first kappa shape index (κ1) is 15.9. The van der Waals surface area contributed by atoms with Crippen LogP contribution in [0.4, 0.5) is 0 Å². The number of pyridine rings is 1. The molecule has 21 heavy (non-hydrogen) atoms. The van der Waals surface area contributed by atoms with Crippen LogP contribution in [0.2, 0.25) is 0 Å². The third-order valence-electron chi connectivity index (χ3n) is 3.87. The van der Waals surface area contributed by atoms with Crippen molar-refractivity contribution < 1.29 is 17.9 Å². The molecule has 0 amide bonds. The maximum absolute atomic E-state index is 11.1. The molecule has 1 aliphatic rings. The molecule has 0 aliphatic heterocycles. The average molecular weight is 311 g/mol. The van der Waals surface area contributed by atoms with Gasteiger partial charge in [0.25, 0.3) is 0 Å². The number of ether oxygens (including phenoxy) is 1. The molecule has 0 aromatic carbocycles. The van der Waals surface area contributed by atoms with Gasteiger partial charge in [-0.1, -0.05) is 0 Å². The fourth-order valence-corrected chi connectivity index (χ4v) is 3.39. The first-order chi connectivity index (χ1) is 9.81. The van der Waals surface area contributed by atoms with Gasteiger partial charge in [-0.25, -0.2) is 13.4 Å². The van der Waals surface area contributed by atoms with E-state index >= 15 is 0 Å². The van der Waals surface area contributed by atoms with E-state index in [2.05, 4.69) is 4.98 Å². The van der Waals surface area contributed by atoms with Crippen LogP contribution >= 0.6 is 0 Å². The molecule has 2 rings (SSSR count). The van der Waals surface area contributed by atoms with Crippen LogP contribution in [0.15, 0.2) is 0 Å². The van der Waals surface area contributed by atoms with Gasteiger partial charge < -0.3 is 9.53 Å². The predicted octanol–water partition coefficient (Wildman–Crippen LogP) is 1.43. The number of aryl methyl sites for hydroxylation is 1. The molecule has 1 atom stereocenters. The Labute approximate surface area is 125 Å². The van der Waals surface area contributed by atoms with Crippen molar-refractivity contribution in [1.82, 2.24) is 4.98 Å². The molecule has 0 saturated heterocycles. The Balaban J connectivity index is 2.09. The molecule has 0 N–H and O–H groups in total. The van der Waals surface area contributed by atoms with E-state index < -0.39 is 9.84 Å². The number of carbonyl (C=O) groups excluding carboxylic acids is 1. The summed E-state index contributed by atoms with van der Waals surface area (Å²) in [4.78, 5) is 15.4. The molecule has 0 bridgehead atoms. The minimum atomic E-state index is -2.96. The normalized spacial score (nSPS) is 17.6. The third-order valence-corrected chi connectivity index (χ3v) is 4.90. The fourth-order valence-electron chi connectivity index (χ4n) is 2.75. The van der Waals surface area contributed by atoms with E-state index in [-0.39, 0.29) is 11.7 Å². The second-order valence-corrected chi connectivity index (χ2v) is 7.98. The molecule has 5 nitrogen and oxygen atoms in total. The maximum Gasteiger partial charge on any atom is 0.216 e. The Bertz CT molecular complexity index is 652. The van der Waals surface area contributed by atoms with Crippen LogP contribution < -0.4 is 4.74 Å². The van der Waals surface area contributed by atoms with E-state index in [1.165, 1.54) is 6.26 Å². The van der Waals surface area contributed by atoms with Crippen molar-refractivity contribution in [2.45, 2.75) is 33.1 Å². The average Bonchev–Trinajstić information content (AvgIpc) is 2.84. The predicted molar refractivity (Wildman–Crippen MR) is 80.5 cm³/mol. The van der Waals surface area contributed by atoms with Crippen molar-refractivity contribution >= 4 is 16.1 Å². The number of aldehydes is 1. The Morgan fingerprint density at radius 1 is 1.29 bits per heavy atom. The monoisotopic (exact) mass is 311 g/mol. The van der Waals surface area contributed by atoms with Crippen molar-refractivity contribution in [3.63, 3.8) is 0 Å². The van der Waals surface area contributed by atoms with E-state index in [0.29, 0.717) is 18.9 Å². The standard InChI is InChI=1S/C15H21NO4S/c1-10-13-7-12(9-17)8-14(13)11(2)16-15(10)20-5-4-6-21(3,18)19/h9,12H,4-8H2,1-3H3. The highest BCUT2D eigenvalue weighted by Crippen LogP contribution is 2.34. The van der Waals surface area contributed by atoms with Crippen molar-refractivity contribution in [3.05, 3.63) is 22.4 Å². The van der Waals surface area contributed by atoms with Crippen molar-refractivity contribution in [2.75, 3.05) is 18.6 Å². The Hall–Kier alpha value is -1.43. The van der Waals surface area contributed by atoms with Gasteiger partial charge in [0.1, 0.15) is 16.1 Å². The molecule has 1 heterocycles. The van der Waals surface area contributed by atoms with Crippen LogP contribution in [0.1, 0.15) is 28.8 Å². The molecule has 0 radical (unpaired) electrons. The molecule has 0 spiro atoms. The molecular weight excluding hydrogens is 290 g/mol. The summed E-state index contributed by atoms with van der Waals surface area (Å²) in [7, 11) is -2.96. The summed E-state index contributed by atoms with van der Waals surface area (Å²) in [6.45, 7) is 4.20. The molecule has 1 aromatic rings. The fraction of sp³-hybridized carbons (Fsp3) is 0.600. The second kappa shape index (κ2) is 6.13. The lowest BCUT2D eigenvalue weighted by atomic mass is 10.0. The summed E-state index contributed by atoms with van der Waals surface area (Å²) >= 11 is 0. The molecule has 6 heteroatoms. The third kappa shape index (κ3) is 3.81. The van der Waals surface area contributed by atoms with Crippen LogP contribution in [0, 0.1) is 19.8 Å². The SMILES string of the molecule is Cc1nc(OCCCS(C)(=O)=O)c(C)c2c1CC(C=O)C2. The molecular formula is C15H21NO4S. The molecule has 1 aromatic heterocycles. The summed E-state index contributed by atoms with van der Waals surface area (Å²) in [6.07, 6.45) is 4.18. The van der Waals surface area contributed by atoms with Crippen molar-refractivity contribution in [2.24, 2.45) is 5.92 Å².